The van der Waals surface area contributed by atoms with Gasteiger partial charge < -0.3 is 19.7 Å². The van der Waals surface area contributed by atoms with Crippen molar-refractivity contribution in [2.75, 3.05) is 13.7 Å². The Kier molecular flexibility index (Phi) is 10.1. The molecule has 0 saturated heterocycles. The van der Waals surface area contributed by atoms with Crippen LogP contribution in [0.1, 0.15) is 51.2 Å². The fourth-order valence-electron chi connectivity index (χ4n) is 3.28. The fourth-order valence-corrected chi connectivity index (χ4v) is 3.28. The fraction of sp³-hybridized carbons (Fsp3) is 0.462. The second-order valence-electron chi connectivity index (χ2n) is 8.13. The Bertz CT molecular complexity index is 866. The first kappa shape index (κ1) is 25.2. The summed E-state index contributed by atoms with van der Waals surface area (Å²) < 4.78 is 10.9. The van der Waals surface area contributed by atoms with E-state index in [0.29, 0.717) is 26.0 Å². The van der Waals surface area contributed by atoms with Crippen LogP contribution in [0.5, 0.6) is 11.5 Å². The van der Waals surface area contributed by atoms with Gasteiger partial charge in [0.15, 0.2) is 0 Å². The van der Waals surface area contributed by atoms with Crippen LogP contribution in [0.2, 0.25) is 0 Å². The van der Waals surface area contributed by atoms with Gasteiger partial charge in [-0.2, -0.15) is 0 Å². The van der Waals surface area contributed by atoms with Crippen molar-refractivity contribution >= 4 is 11.8 Å². The summed E-state index contributed by atoms with van der Waals surface area (Å²) in [5, 5.41) is 2.99. The van der Waals surface area contributed by atoms with Gasteiger partial charge in [-0.1, -0.05) is 36.8 Å². The van der Waals surface area contributed by atoms with E-state index in [2.05, 4.69) is 5.32 Å². The molecule has 0 aliphatic carbocycles. The lowest BCUT2D eigenvalue weighted by atomic mass is 10.1. The molecule has 6 heteroatoms. The number of nitrogens with zero attached hydrogens (tertiary/aromatic N) is 1. The lowest BCUT2D eigenvalue weighted by molar-refractivity contribution is -0.141. The minimum atomic E-state index is -0.556. The van der Waals surface area contributed by atoms with Crippen molar-refractivity contribution in [1.29, 1.82) is 0 Å². The average molecular weight is 441 g/mol. The van der Waals surface area contributed by atoms with Crippen molar-refractivity contribution in [3.05, 3.63) is 59.7 Å². The highest BCUT2D eigenvalue weighted by Crippen LogP contribution is 2.18. The number of hydrogen-bond donors (Lipinski definition) is 1. The number of ether oxygens (including phenoxy) is 2. The molecule has 32 heavy (non-hydrogen) atoms. The first-order valence-corrected chi connectivity index (χ1v) is 11.3. The van der Waals surface area contributed by atoms with E-state index >= 15 is 0 Å². The Morgan fingerprint density at radius 2 is 1.75 bits per heavy atom. The maximum absolute atomic E-state index is 13.1. The summed E-state index contributed by atoms with van der Waals surface area (Å²) in [6, 6.07) is 14.9. The lowest BCUT2D eigenvalue weighted by Crippen LogP contribution is -2.49. The molecular weight excluding hydrogens is 404 g/mol. The maximum atomic E-state index is 13.1. The summed E-state index contributed by atoms with van der Waals surface area (Å²) in [5.41, 5.74) is 2.13. The zero-order valence-electron chi connectivity index (χ0n) is 19.9. The maximum Gasteiger partial charge on any atom is 0.242 e. The number of aryl methyl sites for hydroxylation is 1. The van der Waals surface area contributed by atoms with E-state index in [0.717, 1.165) is 29.0 Å². The molecule has 2 aromatic rings. The van der Waals surface area contributed by atoms with Gasteiger partial charge in [0.1, 0.15) is 17.5 Å². The van der Waals surface area contributed by atoms with Gasteiger partial charge in [-0.25, -0.2) is 0 Å². The zero-order valence-corrected chi connectivity index (χ0v) is 19.9. The number of methoxy groups -OCH3 is 1. The minimum Gasteiger partial charge on any atom is -0.497 e. The van der Waals surface area contributed by atoms with Crippen molar-refractivity contribution in [1.82, 2.24) is 10.2 Å². The zero-order chi connectivity index (χ0) is 23.5. The third kappa shape index (κ3) is 7.91. The molecule has 2 aromatic carbocycles. The lowest BCUT2D eigenvalue weighted by Gasteiger charge is -2.30. The molecule has 0 bridgehead atoms. The molecule has 0 fully saturated rings. The molecule has 0 unspecified atom stereocenters. The summed E-state index contributed by atoms with van der Waals surface area (Å²) >= 11 is 0. The Morgan fingerprint density at radius 3 is 2.38 bits per heavy atom. The third-order valence-corrected chi connectivity index (χ3v) is 5.47. The summed E-state index contributed by atoms with van der Waals surface area (Å²) in [4.78, 5) is 27.5. The highest BCUT2D eigenvalue weighted by Gasteiger charge is 2.26. The number of carbonyl (C=O) groups excluding carboxylic acids is 2. The van der Waals surface area contributed by atoms with Crippen molar-refractivity contribution in [2.45, 2.75) is 65.6 Å². The largest absolute Gasteiger partial charge is 0.497 e. The normalized spacial score (nSPS) is 12.5. The predicted molar refractivity (Wildman–Crippen MR) is 127 cm³/mol. The van der Waals surface area contributed by atoms with E-state index in [1.807, 2.05) is 69.3 Å². The quantitative estimate of drug-likeness (QED) is 0.494. The van der Waals surface area contributed by atoms with Gasteiger partial charge in [0.2, 0.25) is 11.8 Å². The monoisotopic (exact) mass is 440 g/mol. The van der Waals surface area contributed by atoms with E-state index in [4.69, 9.17) is 9.47 Å². The number of amides is 2. The van der Waals surface area contributed by atoms with Gasteiger partial charge in [-0.15, -0.1) is 0 Å². The minimum absolute atomic E-state index is 0.0587. The van der Waals surface area contributed by atoms with Crippen LogP contribution in [0.4, 0.5) is 0 Å². The number of hydrogen-bond acceptors (Lipinski definition) is 4. The van der Waals surface area contributed by atoms with Crippen molar-refractivity contribution in [2.24, 2.45) is 0 Å². The number of rotatable bonds is 12. The molecule has 0 spiro atoms. The second kappa shape index (κ2) is 12.7. The van der Waals surface area contributed by atoms with Gasteiger partial charge in [0, 0.05) is 19.0 Å². The standard InChI is InChI=1S/C26H36N2O4/c1-6-20(3)27-26(30)21(4)28(18-22-10-7-9-19(2)17-22)25(29)11-8-16-32-24-14-12-23(31-5)13-15-24/h7,9-10,12-15,17,20-21H,6,8,11,16,18H2,1-5H3,(H,27,30)/t20-,21-/m0/s1. The molecule has 2 rings (SSSR count). The Balaban J connectivity index is 1.99. The third-order valence-electron chi connectivity index (χ3n) is 5.47. The first-order chi connectivity index (χ1) is 15.3. The molecule has 0 aliphatic rings. The molecule has 0 aliphatic heterocycles. The summed E-state index contributed by atoms with van der Waals surface area (Å²) in [6.45, 7) is 8.62. The first-order valence-electron chi connectivity index (χ1n) is 11.3. The van der Waals surface area contributed by atoms with Crippen LogP contribution < -0.4 is 14.8 Å². The SMILES string of the molecule is CC[C@H](C)NC(=O)[C@H](C)N(Cc1cccc(C)c1)C(=O)CCCOc1ccc(OC)cc1. The molecular formula is C26H36N2O4. The molecule has 0 saturated carbocycles. The van der Waals surface area contributed by atoms with Gasteiger partial charge in [0.05, 0.1) is 13.7 Å². The van der Waals surface area contributed by atoms with Crippen molar-refractivity contribution < 1.29 is 19.1 Å². The second-order valence-corrected chi connectivity index (χ2v) is 8.13. The van der Waals surface area contributed by atoms with Crippen LogP contribution in [0.25, 0.3) is 0 Å². The van der Waals surface area contributed by atoms with Gasteiger partial charge in [-0.3, -0.25) is 9.59 Å². The predicted octanol–water partition coefficient (Wildman–Crippen LogP) is 4.49. The topological polar surface area (TPSA) is 67.9 Å². The molecule has 2 amide bonds. The molecule has 0 heterocycles. The Hall–Kier alpha value is -3.02. The van der Waals surface area contributed by atoms with E-state index in [1.54, 1.807) is 18.9 Å². The van der Waals surface area contributed by atoms with Crippen LogP contribution >= 0.6 is 0 Å². The Labute approximate surface area is 191 Å². The smallest absolute Gasteiger partial charge is 0.242 e. The molecule has 6 nitrogen and oxygen atoms in total. The van der Waals surface area contributed by atoms with Crippen LogP contribution in [0.15, 0.2) is 48.5 Å². The molecule has 0 radical (unpaired) electrons. The van der Waals surface area contributed by atoms with Crippen LogP contribution in [0, 0.1) is 6.92 Å². The van der Waals surface area contributed by atoms with E-state index in [1.165, 1.54) is 0 Å². The summed E-state index contributed by atoms with van der Waals surface area (Å²) in [5.74, 6) is 1.31. The Morgan fingerprint density at radius 1 is 1.06 bits per heavy atom. The van der Waals surface area contributed by atoms with Crippen LogP contribution in [-0.4, -0.2) is 42.5 Å². The number of nitrogens with one attached hydrogen (secondary N) is 1. The van der Waals surface area contributed by atoms with E-state index in [-0.39, 0.29) is 17.9 Å². The van der Waals surface area contributed by atoms with Gasteiger partial charge in [0.25, 0.3) is 0 Å². The summed E-state index contributed by atoms with van der Waals surface area (Å²) in [7, 11) is 1.62. The van der Waals surface area contributed by atoms with E-state index < -0.39 is 6.04 Å². The van der Waals surface area contributed by atoms with Crippen LogP contribution in [0.3, 0.4) is 0 Å². The van der Waals surface area contributed by atoms with Gasteiger partial charge >= 0.3 is 0 Å². The number of carbonyl (C=O) groups is 2. The molecule has 0 aromatic heterocycles. The number of benzene rings is 2. The average Bonchev–Trinajstić information content (AvgIpc) is 2.80. The summed E-state index contributed by atoms with van der Waals surface area (Å²) in [6.07, 6.45) is 1.71. The van der Waals surface area contributed by atoms with Crippen molar-refractivity contribution in [3.8, 4) is 11.5 Å². The molecule has 174 valence electrons. The molecule has 1 N–H and O–H groups in total. The molecule has 2 atom stereocenters. The van der Waals surface area contributed by atoms with Crippen LogP contribution in [-0.2, 0) is 16.1 Å². The van der Waals surface area contributed by atoms with Crippen molar-refractivity contribution in [3.63, 3.8) is 0 Å². The highest BCUT2D eigenvalue weighted by atomic mass is 16.5. The highest BCUT2D eigenvalue weighted by molar-refractivity contribution is 5.87. The van der Waals surface area contributed by atoms with Gasteiger partial charge in [-0.05, 0) is 63.4 Å². The van der Waals surface area contributed by atoms with E-state index in [9.17, 15) is 9.59 Å².